The summed E-state index contributed by atoms with van der Waals surface area (Å²) in [4.78, 5) is 0. The fourth-order valence-electron chi connectivity index (χ4n) is 1.50. The molecule has 1 atom stereocenters. The van der Waals surface area contributed by atoms with Gasteiger partial charge in [-0.2, -0.15) is 0 Å². The largest absolute Gasteiger partial charge is 0.491 e. The standard InChI is InChI=1S/C13H20O4/c1-10-3-4-13(12(9-10)11(2)15)17-8-7-16-6-5-14/h3-4,9,11,14-15H,5-8H2,1-2H3/t11-/m1/s1. The van der Waals surface area contributed by atoms with Crippen LogP contribution in [-0.4, -0.2) is 36.6 Å². The molecule has 0 aliphatic heterocycles. The van der Waals surface area contributed by atoms with Crippen molar-refractivity contribution in [3.8, 4) is 5.75 Å². The molecule has 4 nitrogen and oxygen atoms in total. The van der Waals surface area contributed by atoms with Crippen LogP contribution < -0.4 is 4.74 Å². The molecule has 0 aliphatic rings. The average molecular weight is 240 g/mol. The minimum Gasteiger partial charge on any atom is -0.491 e. The highest BCUT2D eigenvalue weighted by Crippen LogP contribution is 2.26. The van der Waals surface area contributed by atoms with Crippen LogP contribution in [0.5, 0.6) is 5.75 Å². The lowest BCUT2D eigenvalue weighted by Gasteiger charge is -2.14. The van der Waals surface area contributed by atoms with Gasteiger partial charge in [-0.05, 0) is 26.0 Å². The van der Waals surface area contributed by atoms with Crippen LogP contribution in [-0.2, 0) is 4.74 Å². The summed E-state index contributed by atoms with van der Waals surface area (Å²) in [7, 11) is 0. The summed E-state index contributed by atoms with van der Waals surface area (Å²) in [5.41, 5.74) is 1.87. The van der Waals surface area contributed by atoms with Crippen LogP contribution in [0.4, 0.5) is 0 Å². The molecule has 1 aromatic rings. The highest BCUT2D eigenvalue weighted by atomic mass is 16.5. The first-order valence-electron chi connectivity index (χ1n) is 5.75. The summed E-state index contributed by atoms with van der Waals surface area (Å²) in [5, 5.41) is 18.2. The van der Waals surface area contributed by atoms with Gasteiger partial charge < -0.3 is 19.7 Å². The Morgan fingerprint density at radius 1 is 1.24 bits per heavy atom. The van der Waals surface area contributed by atoms with E-state index in [1.165, 1.54) is 0 Å². The van der Waals surface area contributed by atoms with Crippen LogP contribution in [0.15, 0.2) is 18.2 Å². The Morgan fingerprint density at radius 3 is 2.65 bits per heavy atom. The Hall–Kier alpha value is -1.10. The first-order valence-corrected chi connectivity index (χ1v) is 5.75. The van der Waals surface area contributed by atoms with Crippen molar-refractivity contribution in [3.05, 3.63) is 29.3 Å². The van der Waals surface area contributed by atoms with Gasteiger partial charge in [0.05, 0.1) is 25.9 Å². The lowest BCUT2D eigenvalue weighted by Crippen LogP contribution is -2.10. The number of rotatable bonds is 7. The molecular formula is C13H20O4. The van der Waals surface area contributed by atoms with Gasteiger partial charge in [-0.3, -0.25) is 0 Å². The predicted octanol–water partition coefficient (Wildman–Crippen LogP) is 1.44. The lowest BCUT2D eigenvalue weighted by molar-refractivity contribution is 0.0695. The molecule has 0 bridgehead atoms. The topological polar surface area (TPSA) is 58.9 Å². The molecule has 1 rings (SSSR count). The van der Waals surface area contributed by atoms with E-state index in [2.05, 4.69) is 0 Å². The van der Waals surface area contributed by atoms with Crippen LogP contribution in [0.3, 0.4) is 0 Å². The molecule has 0 unspecified atom stereocenters. The summed E-state index contributed by atoms with van der Waals surface area (Å²) in [6, 6.07) is 5.70. The Bertz CT molecular complexity index is 336. The van der Waals surface area contributed by atoms with Crippen molar-refractivity contribution in [1.29, 1.82) is 0 Å². The maximum absolute atomic E-state index is 9.63. The second kappa shape index (κ2) is 7.27. The smallest absolute Gasteiger partial charge is 0.125 e. The van der Waals surface area contributed by atoms with E-state index in [4.69, 9.17) is 14.6 Å². The van der Waals surface area contributed by atoms with Gasteiger partial charge in [0.2, 0.25) is 0 Å². The SMILES string of the molecule is Cc1ccc(OCCOCCO)c([C@@H](C)O)c1. The van der Waals surface area contributed by atoms with Crippen LogP contribution in [0, 0.1) is 6.92 Å². The van der Waals surface area contributed by atoms with Crippen molar-refractivity contribution in [2.75, 3.05) is 26.4 Å². The fraction of sp³-hybridized carbons (Fsp3) is 0.538. The summed E-state index contributed by atoms with van der Waals surface area (Å²) < 4.78 is 10.6. The molecule has 0 fully saturated rings. The number of hydrogen-bond acceptors (Lipinski definition) is 4. The number of benzene rings is 1. The summed E-state index contributed by atoms with van der Waals surface area (Å²) in [6.45, 7) is 4.85. The van der Waals surface area contributed by atoms with Gasteiger partial charge in [0.15, 0.2) is 0 Å². The van der Waals surface area contributed by atoms with Crippen LogP contribution in [0.1, 0.15) is 24.2 Å². The molecule has 0 heterocycles. The van der Waals surface area contributed by atoms with Gasteiger partial charge in [-0.15, -0.1) is 0 Å². The molecule has 0 saturated carbocycles. The van der Waals surface area contributed by atoms with E-state index < -0.39 is 6.10 Å². The number of ether oxygens (including phenoxy) is 2. The molecular weight excluding hydrogens is 220 g/mol. The second-order valence-corrected chi connectivity index (χ2v) is 3.90. The average Bonchev–Trinajstić information content (AvgIpc) is 2.30. The monoisotopic (exact) mass is 240 g/mol. The molecule has 0 aliphatic carbocycles. The van der Waals surface area contributed by atoms with Gasteiger partial charge in [0.25, 0.3) is 0 Å². The normalized spacial score (nSPS) is 12.5. The van der Waals surface area contributed by atoms with Crippen molar-refractivity contribution < 1.29 is 19.7 Å². The van der Waals surface area contributed by atoms with Gasteiger partial charge in [0.1, 0.15) is 12.4 Å². The van der Waals surface area contributed by atoms with E-state index in [1.54, 1.807) is 6.92 Å². The number of hydrogen-bond donors (Lipinski definition) is 2. The van der Waals surface area contributed by atoms with E-state index in [-0.39, 0.29) is 6.61 Å². The first-order chi connectivity index (χ1) is 8.15. The zero-order valence-electron chi connectivity index (χ0n) is 10.3. The van der Waals surface area contributed by atoms with E-state index in [0.717, 1.165) is 11.1 Å². The Morgan fingerprint density at radius 2 is 2.00 bits per heavy atom. The Labute approximate surface area is 102 Å². The van der Waals surface area contributed by atoms with Crippen LogP contribution in [0.25, 0.3) is 0 Å². The molecule has 0 radical (unpaired) electrons. The number of aliphatic hydroxyl groups excluding tert-OH is 2. The summed E-state index contributed by atoms with van der Waals surface area (Å²) in [5.74, 6) is 0.679. The van der Waals surface area contributed by atoms with E-state index >= 15 is 0 Å². The molecule has 96 valence electrons. The van der Waals surface area contributed by atoms with E-state index in [0.29, 0.717) is 25.6 Å². The first kappa shape index (κ1) is 14.0. The molecule has 2 N–H and O–H groups in total. The van der Waals surface area contributed by atoms with Gasteiger partial charge in [-0.25, -0.2) is 0 Å². The van der Waals surface area contributed by atoms with E-state index in [9.17, 15) is 5.11 Å². The minimum absolute atomic E-state index is 0.0173. The molecule has 0 saturated heterocycles. The van der Waals surface area contributed by atoms with Crippen molar-refractivity contribution >= 4 is 0 Å². The van der Waals surface area contributed by atoms with E-state index in [1.807, 2.05) is 25.1 Å². The molecule has 1 aromatic carbocycles. The molecule has 4 heteroatoms. The molecule has 17 heavy (non-hydrogen) atoms. The van der Waals surface area contributed by atoms with Gasteiger partial charge in [-0.1, -0.05) is 11.6 Å². The van der Waals surface area contributed by atoms with Crippen LogP contribution in [0.2, 0.25) is 0 Å². The number of aryl methyl sites for hydroxylation is 1. The summed E-state index contributed by atoms with van der Waals surface area (Å²) >= 11 is 0. The van der Waals surface area contributed by atoms with Crippen molar-refractivity contribution in [2.24, 2.45) is 0 Å². The second-order valence-electron chi connectivity index (χ2n) is 3.90. The summed E-state index contributed by atoms with van der Waals surface area (Å²) in [6.07, 6.45) is -0.553. The highest BCUT2D eigenvalue weighted by molar-refractivity contribution is 5.38. The quantitative estimate of drug-likeness (QED) is 0.708. The zero-order chi connectivity index (χ0) is 12.7. The Balaban J connectivity index is 2.52. The van der Waals surface area contributed by atoms with Crippen LogP contribution >= 0.6 is 0 Å². The third kappa shape index (κ3) is 4.73. The molecule has 0 aromatic heterocycles. The van der Waals surface area contributed by atoms with Gasteiger partial charge >= 0.3 is 0 Å². The fourth-order valence-corrected chi connectivity index (χ4v) is 1.50. The predicted molar refractivity (Wildman–Crippen MR) is 65.2 cm³/mol. The zero-order valence-corrected chi connectivity index (χ0v) is 10.3. The van der Waals surface area contributed by atoms with Crippen molar-refractivity contribution in [3.63, 3.8) is 0 Å². The van der Waals surface area contributed by atoms with Crippen molar-refractivity contribution in [2.45, 2.75) is 20.0 Å². The molecule has 0 spiro atoms. The highest BCUT2D eigenvalue weighted by Gasteiger charge is 2.09. The number of aliphatic hydroxyl groups is 2. The molecule has 0 amide bonds. The minimum atomic E-state index is -0.553. The third-order valence-corrected chi connectivity index (χ3v) is 2.34. The Kier molecular flexibility index (Phi) is 5.97. The van der Waals surface area contributed by atoms with Crippen molar-refractivity contribution in [1.82, 2.24) is 0 Å². The maximum atomic E-state index is 9.63. The maximum Gasteiger partial charge on any atom is 0.125 e. The third-order valence-electron chi connectivity index (χ3n) is 2.34. The lowest BCUT2D eigenvalue weighted by atomic mass is 10.1. The van der Waals surface area contributed by atoms with Gasteiger partial charge in [0, 0.05) is 5.56 Å².